The van der Waals surface area contributed by atoms with E-state index in [1.807, 2.05) is 27.8 Å². The van der Waals surface area contributed by atoms with Crippen molar-refractivity contribution in [2.24, 2.45) is 0 Å². The molecule has 0 amide bonds. The summed E-state index contributed by atoms with van der Waals surface area (Å²) < 4.78 is 3.84. The lowest BCUT2D eigenvalue weighted by Gasteiger charge is -1.97. The van der Waals surface area contributed by atoms with Gasteiger partial charge >= 0.3 is 0 Å². The summed E-state index contributed by atoms with van der Waals surface area (Å²) in [6.07, 6.45) is 7.41. The molecule has 0 bridgehead atoms. The van der Waals surface area contributed by atoms with Crippen LogP contribution in [0.5, 0.6) is 0 Å². The van der Waals surface area contributed by atoms with E-state index in [9.17, 15) is 0 Å². The van der Waals surface area contributed by atoms with Crippen molar-refractivity contribution >= 4 is 5.82 Å². The Bertz CT molecular complexity index is 414. The predicted molar refractivity (Wildman–Crippen MR) is 53.6 cm³/mol. The van der Waals surface area contributed by atoms with Crippen LogP contribution in [-0.2, 0) is 13.1 Å². The molecule has 0 unspecified atom stereocenters. The van der Waals surface area contributed by atoms with Crippen LogP contribution in [0.15, 0.2) is 24.9 Å². The van der Waals surface area contributed by atoms with Gasteiger partial charge in [0.2, 0.25) is 0 Å². The zero-order chi connectivity index (χ0) is 9.97. The average Bonchev–Trinajstić information content (AvgIpc) is 2.76. The van der Waals surface area contributed by atoms with E-state index in [0.29, 0.717) is 5.82 Å². The van der Waals surface area contributed by atoms with Gasteiger partial charge in [-0.05, 0) is 6.92 Å². The first-order valence-corrected chi connectivity index (χ1v) is 4.56. The van der Waals surface area contributed by atoms with Crippen molar-refractivity contribution in [2.75, 3.05) is 5.73 Å². The van der Waals surface area contributed by atoms with Gasteiger partial charge in [0.1, 0.15) is 5.82 Å². The van der Waals surface area contributed by atoms with E-state index < -0.39 is 0 Å². The first kappa shape index (κ1) is 8.80. The molecule has 0 atom stereocenters. The van der Waals surface area contributed by atoms with Crippen LogP contribution in [0.1, 0.15) is 12.5 Å². The third-order valence-corrected chi connectivity index (χ3v) is 2.03. The van der Waals surface area contributed by atoms with Gasteiger partial charge in [0.15, 0.2) is 0 Å². The summed E-state index contributed by atoms with van der Waals surface area (Å²) in [6.45, 7) is 3.72. The zero-order valence-corrected chi connectivity index (χ0v) is 8.09. The van der Waals surface area contributed by atoms with E-state index in [-0.39, 0.29) is 0 Å². The highest BCUT2D eigenvalue weighted by atomic mass is 15.3. The van der Waals surface area contributed by atoms with Crippen molar-refractivity contribution in [3.05, 3.63) is 30.5 Å². The van der Waals surface area contributed by atoms with Crippen LogP contribution >= 0.6 is 0 Å². The summed E-state index contributed by atoms with van der Waals surface area (Å²) in [4.78, 5) is 3.95. The summed E-state index contributed by atoms with van der Waals surface area (Å²) in [6, 6.07) is 0. The van der Waals surface area contributed by atoms with Crippen LogP contribution in [0.3, 0.4) is 0 Å². The highest BCUT2D eigenvalue weighted by Gasteiger charge is 1.99. The molecular weight excluding hydrogens is 178 g/mol. The molecule has 5 nitrogen and oxygen atoms in total. The molecule has 0 aliphatic heterocycles. The van der Waals surface area contributed by atoms with E-state index in [1.54, 1.807) is 6.33 Å². The zero-order valence-electron chi connectivity index (χ0n) is 8.09. The van der Waals surface area contributed by atoms with Gasteiger partial charge in [0, 0.05) is 24.5 Å². The molecule has 0 fully saturated rings. The van der Waals surface area contributed by atoms with Crippen molar-refractivity contribution in [1.82, 2.24) is 19.3 Å². The molecule has 5 heteroatoms. The Labute approximate surface area is 82.2 Å². The van der Waals surface area contributed by atoms with Gasteiger partial charge in [-0.1, -0.05) is 0 Å². The Kier molecular flexibility index (Phi) is 2.22. The van der Waals surface area contributed by atoms with Crippen molar-refractivity contribution in [3.63, 3.8) is 0 Å². The van der Waals surface area contributed by atoms with Gasteiger partial charge in [-0.15, -0.1) is 0 Å². The van der Waals surface area contributed by atoms with Gasteiger partial charge in [0.05, 0.1) is 19.1 Å². The fourth-order valence-electron chi connectivity index (χ4n) is 1.34. The molecule has 0 spiro atoms. The monoisotopic (exact) mass is 191 g/mol. The number of nitrogens with two attached hydrogens (primary N) is 1. The minimum atomic E-state index is 0.549. The first-order valence-electron chi connectivity index (χ1n) is 4.56. The molecule has 74 valence electrons. The minimum absolute atomic E-state index is 0.549. The Morgan fingerprint density at radius 2 is 2.29 bits per heavy atom. The van der Waals surface area contributed by atoms with Crippen molar-refractivity contribution in [1.29, 1.82) is 0 Å². The fraction of sp³-hybridized carbons (Fsp3) is 0.333. The maximum absolute atomic E-state index is 5.51. The van der Waals surface area contributed by atoms with Crippen LogP contribution in [0.4, 0.5) is 5.82 Å². The first-order chi connectivity index (χ1) is 6.78. The number of hydrogen-bond donors (Lipinski definition) is 1. The molecule has 14 heavy (non-hydrogen) atoms. The number of rotatable bonds is 3. The van der Waals surface area contributed by atoms with Crippen molar-refractivity contribution in [3.8, 4) is 0 Å². The quantitative estimate of drug-likeness (QED) is 0.778. The lowest BCUT2D eigenvalue weighted by atomic mass is 10.3. The molecule has 2 heterocycles. The van der Waals surface area contributed by atoms with E-state index in [4.69, 9.17) is 5.73 Å². The van der Waals surface area contributed by atoms with Gasteiger partial charge < -0.3 is 10.3 Å². The molecule has 0 saturated carbocycles. The summed E-state index contributed by atoms with van der Waals surface area (Å²) in [5, 5.41) is 4.19. The highest BCUT2D eigenvalue weighted by molar-refractivity contribution is 5.23. The Morgan fingerprint density at radius 3 is 2.86 bits per heavy atom. The maximum atomic E-state index is 5.51. The lowest BCUT2D eigenvalue weighted by molar-refractivity contribution is 0.658. The van der Waals surface area contributed by atoms with Crippen LogP contribution in [0, 0.1) is 0 Å². The molecule has 0 aromatic carbocycles. The van der Waals surface area contributed by atoms with E-state index in [2.05, 4.69) is 17.0 Å². The number of aromatic nitrogens is 4. The number of imidazole rings is 1. The largest absolute Gasteiger partial charge is 0.382 e. The number of anilines is 1. The molecule has 2 rings (SSSR count). The average molecular weight is 191 g/mol. The molecule has 0 saturated heterocycles. The molecule has 2 aromatic rings. The SMILES string of the molecule is CCn1cc(Cn2cnc(N)c2)cn1. The summed E-state index contributed by atoms with van der Waals surface area (Å²) in [7, 11) is 0. The second kappa shape index (κ2) is 3.53. The predicted octanol–water partition coefficient (Wildman–Crippen LogP) is 0.730. The Hall–Kier alpha value is -1.78. The molecule has 2 N–H and O–H groups in total. The summed E-state index contributed by atoms with van der Waals surface area (Å²) in [5.74, 6) is 0.549. The van der Waals surface area contributed by atoms with E-state index in [1.165, 1.54) is 0 Å². The second-order valence-electron chi connectivity index (χ2n) is 3.18. The maximum Gasteiger partial charge on any atom is 0.141 e. The molecular formula is C9H13N5. The Balaban J connectivity index is 2.10. The number of nitrogens with zero attached hydrogens (tertiary/aromatic N) is 4. The molecule has 0 aliphatic carbocycles. The topological polar surface area (TPSA) is 61.7 Å². The van der Waals surface area contributed by atoms with Crippen molar-refractivity contribution in [2.45, 2.75) is 20.0 Å². The van der Waals surface area contributed by atoms with Gasteiger partial charge in [0.25, 0.3) is 0 Å². The smallest absolute Gasteiger partial charge is 0.141 e. The second-order valence-corrected chi connectivity index (χ2v) is 3.18. The minimum Gasteiger partial charge on any atom is -0.382 e. The molecule has 2 aromatic heterocycles. The molecule has 0 aliphatic rings. The van der Waals surface area contributed by atoms with Crippen LogP contribution in [0.2, 0.25) is 0 Å². The summed E-state index contributed by atoms with van der Waals surface area (Å²) >= 11 is 0. The normalized spacial score (nSPS) is 10.6. The number of aryl methyl sites for hydroxylation is 1. The number of nitrogen functional groups attached to an aromatic ring is 1. The third kappa shape index (κ3) is 1.76. The lowest BCUT2D eigenvalue weighted by Crippen LogP contribution is -1.96. The van der Waals surface area contributed by atoms with Gasteiger partial charge in [-0.25, -0.2) is 4.98 Å². The van der Waals surface area contributed by atoms with E-state index >= 15 is 0 Å². The van der Waals surface area contributed by atoms with Crippen LogP contribution < -0.4 is 5.73 Å². The van der Waals surface area contributed by atoms with Gasteiger partial charge in [-0.3, -0.25) is 4.68 Å². The fourth-order valence-corrected chi connectivity index (χ4v) is 1.34. The highest BCUT2D eigenvalue weighted by Crippen LogP contribution is 2.03. The van der Waals surface area contributed by atoms with Gasteiger partial charge in [-0.2, -0.15) is 5.10 Å². The van der Waals surface area contributed by atoms with Crippen LogP contribution in [0.25, 0.3) is 0 Å². The van der Waals surface area contributed by atoms with Crippen molar-refractivity contribution < 1.29 is 0 Å². The summed E-state index contributed by atoms with van der Waals surface area (Å²) in [5.41, 5.74) is 6.67. The van der Waals surface area contributed by atoms with Crippen LogP contribution in [-0.4, -0.2) is 19.3 Å². The third-order valence-electron chi connectivity index (χ3n) is 2.03. The van der Waals surface area contributed by atoms with E-state index in [0.717, 1.165) is 18.7 Å². The Morgan fingerprint density at radius 1 is 1.43 bits per heavy atom. The molecule has 0 radical (unpaired) electrons. The number of hydrogen-bond acceptors (Lipinski definition) is 3. The standard InChI is InChI=1S/C9H13N5/c1-2-14-5-8(3-12-14)4-13-6-9(10)11-7-13/h3,5-7H,2,4,10H2,1H3.